The monoisotopic (exact) mass is 355 g/mol. The first-order chi connectivity index (χ1) is 12.2. The molecule has 6 nitrogen and oxygen atoms in total. The number of hydrogen-bond acceptors (Lipinski definition) is 4. The summed E-state index contributed by atoms with van der Waals surface area (Å²) in [6, 6.07) is 10.8. The van der Waals surface area contributed by atoms with Gasteiger partial charge in [0.05, 0.1) is 36.7 Å². The van der Waals surface area contributed by atoms with E-state index in [4.69, 9.17) is 4.42 Å². The van der Waals surface area contributed by atoms with Crippen molar-refractivity contribution < 1.29 is 14.0 Å². The minimum Gasteiger partial charge on any atom is -0.467 e. The van der Waals surface area contributed by atoms with E-state index in [0.717, 1.165) is 10.5 Å². The second kappa shape index (κ2) is 6.33. The average Bonchev–Trinajstić information content (AvgIpc) is 3.23. The van der Waals surface area contributed by atoms with Crippen LogP contribution >= 0.6 is 11.8 Å². The summed E-state index contributed by atoms with van der Waals surface area (Å²) in [6.45, 7) is 0.758. The van der Waals surface area contributed by atoms with Crippen molar-refractivity contribution in [1.82, 2.24) is 15.5 Å². The van der Waals surface area contributed by atoms with Gasteiger partial charge in [-0.05, 0) is 36.1 Å². The smallest absolute Gasteiger partial charge is 0.319 e. The van der Waals surface area contributed by atoms with Gasteiger partial charge in [-0.25, -0.2) is 4.79 Å². The molecule has 4 rings (SSSR count). The minimum absolute atomic E-state index is 0.0853. The van der Waals surface area contributed by atoms with E-state index in [1.54, 1.807) is 29.0 Å². The Morgan fingerprint density at radius 1 is 1.24 bits per heavy atom. The van der Waals surface area contributed by atoms with E-state index < -0.39 is 6.04 Å². The standard InChI is InChI=1S/C18H17N3O3S/c1-25-13-6-4-11(5-7-13)16-15-14(19-18(23)20-16)10-21(17(15)22)9-12-3-2-8-24-12/h2-8,16H,9-10H2,1H3,(H2,19,20,23)/t16-/m0/s1. The van der Waals surface area contributed by atoms with Crippen molar-refractivity contribution in [2.75, 3.05) is 12.8 Å². The van der Waals surface area contributed by atoms with Gasteiger partial charge in [0.25, 0.3) is 5.91 Å². The van der Waals surface area contributed by atoms with Gasteiger partial charge >= 0.3 is 6.03 Å². The third-order valence-electron chi connectivity index (χ3n) is 4.40. The number of nitrogens with zero attached hydrogens (tertiary/aromatic N) is 1. The maximum absolute atomic E-state index is 12.9. The molecule has 25 heavy (non-hydrogen) atoms. The number of urea groups is 1. The predicted molar refractivity (Wildman–Crippen MR) is 93.8 cm³/mol. The number of carbonyl (C=O) groups is 2. The molecule has 0 fully saturated rings. The number of hydrogen-bond donors (Lipinski definition) is 2. The van der Waals surface area contributed by atoms with Gasteiger partial charge in [-0.2, -0.15) is 0 Å². The molecule has 128 valence electrons. The molecule has 2 aliphatic rings. The van der Waals surface area contributed by atoms with Crippen LogP contribution in [-0.2, 0) is 11.3 Å². The molecule has 0 radical (unpaired) electrons. The van der Waals surface area contributed by atoms with Gasteiger partial charge in [0.15, 0.2) is 0 Å². The van der Waals surface area contributed by atoms with Crippen molar-refractivity contribution in [2.45, 2.75) is 17.5 Å². The lowest BCUT2D eigenvalue weighted by atomic mass is 9.96. The fourth-order valence-electron chi connectivity index (χ4n) is 3.19. The number of furan rings is 1. The van der Waals surface area contributed by atoms with E-state index in [2.05, 4.69) is 10.6 Å². The fourth-order valence-corrected chi connectivity index (χ4v) is 3.60. The van der Waals surface area contributed by atoms with Gasteiger partial charge in [0, 0.05) is 4.90 Å². The van der Waals surface area contributed by atoms with Crippen LogP contribution in [0.25, 0.3) is 0 Å². The second-order valence-corrected chi connectivity index (χ2v) is 6.82. The van der Waals surface area contributed by atoms with E-state index >= 15 is 0 Å². The van der Waals surface area contributed by atoms with Crippen molar-refractivity contribution >= 4 is 23.7 Å². The molecule has 0 saturated heterocycles. The molecule has 2 N–H and O–H groups in total. The molecule has 0 aliphatic carbocycles. The number of thioether (sulfide) groups is 1. The largest absolute Gasteiger partial charge is 0.467 e. The van der Waals surface area contributed by atoms with E-state index in [1.807, 2.05) is 36.6 Å². The third kappa shape index (κ3) is 2.91. The third-order valence-corrected chi connectivity index (χ3v) is 5.14. The lowest BCUT2D eigenvalue weighted by Crippen LogP contribution is -2.44. The van der Waals surface area contributed by atoms with Gasteiger partial charge in [-0.1, -0.05) is 12.1 Å². The van der Waals surface area contributed by atoms with Crippen LogP contribution < -0.4 is 10.6 Å². The zero-order valence-corrected chi connectivity index (χ0v) is 14.4. The van der Waals surface area contributed by atoms with Gasteiger partial charge in [0.1, 0.15) is 5.76 Å². The molecule has 7 heteroatoms. The summed E-state index contributed by atoms with van der Waals surface area (Å²) in [5.41, 5.74) is 2.16. The number of benzene rings is 1. The Balaban J connectivity index is 1.63. The van der Waals surface area contributed by atoms with Crippen LogP contribution in [0.1, 0.15) is 17.4 Å². The molecule has 3 heterocycles. The molecular weight excluding hydrogens is 338 g/mol. The molecule has 3 amide bonds. The van der Waals surface area contributed by atoms with E-state index in [-0.39, 0.29) is 11.9 Å². The van der Waals surface area contributed by atoms with Crippen LogP contribution in [0.15, 0.2) is 63.2 Å². The maximum atomic E-state index is 12.9. The lowest BCUT2D eigenvalue weighted by molar-refractivity contribution is -0.126. The Bertz CT molecular complexity index is 843. The van der Waals surface area contributed by atoms with Gasteiger partial charge in [-0.15, -0.1) is 11.8 Å². The van der Waals surface area contributed by atoms with E-state index in [9.17, 15) is 9.59 Å². The molecule has 1 aromatic heterocycles. The first-order valence-corrected chi connectivity index (χ1v) is 9.14. The lowest BCUT2D eigenvalue weighted by Gasteiger charge is -2.25. The van der Waals surface area contributed by atoms with Gasteiger partial charge < -0.3 is 20.0 Å². The zero-order valence-electron chi connectivity index (χ0n) is 13.6. The molecule has 0 spiro atoms. The zero-order chi connectivity index (χ0) is 17.4. The summed E-state index contributed by atoms with van der Waals surface area (Å²) < 4.78 is 5.34. The van der Waals surface area contributed by atoms with Crippen LogP contribution in [-0.4, -0.2) is 29.6 Å². The highest BCUT2D eigenvalue weighted by Crippen LogP contribution is 2.33. The first kappa shape index (κ1) is 15.8. The van der Waals surface area contributed by atoms with E-state index in [1.165, 1.54) is 0 Å². The summed E-state index contributed by atoms with van der Waals surface area (Å²) in [5.74, 6) is 0.631. The topological polar surface area (TPSA) is 74.6 Å². The highest BCUT2D eigenvalue weighted by molar-refractivity contribution is 7.98. The minimum atomic E-state index is -0.436. The van der Waals surface area contributed by atoms with Gasteiger partial charge in [-0.3, -0.25) is 4.79 Å². The summed E-state index contributed by atoms with van der Waals surface area (Å²) in [7, 11) is 0. The SMILES string of the molecule is CSc1ccc([C@@H]2NC(=O)NC3=C2C(=O)N(Cc2ccco2)C3)cc1. The van der Waals surface area contributed by atoms with Crippen molar-refractivity contribution in [3.63, 3.8) is 0 Å². The number of nitrogens with one attached hydrogen (secondary N) is 2. The Kier molecular flexibility index (Phi) is 4.01. The number of amides is 3. The molecule has 1 atom stereocenters. The Hall–Kier alpha value is -2.67. The van der Waals surface area contributed by atoms with Crippen molar-refractivity contribution in [3.8, 4) is 0 Å². The molecule has 1 aromatic carbocycles. The predicted octanol–water partition coefficient (Wildman–Crippen LogP) is 2.65. The van der Waals surface area contributed by atoms with Crippen LogP contribution in [0.5, 0.6) is 0 Å². The molecule has 0 unspecified atom stereocenters. The fraction of sp³-hybridized carbons (Fsp3) is 0.222. The van der Waals surface area contributed by atoms with Crippen molar-refractivity contribution in [1.29, 1.82) is 0 Å². The highest BCUT2D eigenvalue weighted by atomic mass is 32.2. The highest BCUT2D eigenvalue weighted by Gasteiger charge is 2.40. The summed E-state index contributed by atoms with van der Waals surface area (Å²) in [6.07, 6.45) is 3.59. The Labute approximate surface area is 149 Å². The first-order valence-electron chi connectivity index (χ1n) is 7.92. The Morgan fingerprint density at radius 2 is 2.04 bits per heavy atom. The summed E-state index contributed by atoms with van der Waals surface area (Å²) >= 11 is 1.65. The number of carbonyl (C=O) groups excluding carboxylic acids is 2. The van der Waals surface area contributed by atoms with Crippen LogP contribution in [0.3, 0.4) is 0 Å². The average molecular weight is 355 g/mol. The Morgan fingerprint density at radius 3 is 2.72 bits per heavy atom. The van der Waals surface area contributed by atoms with Crippen LogP contribution in [0.4, 0.5) is 4.79 Å². The molecule has 0 bridgehead atoms. The maximum Gasteiger partial charge on any atom is 0.319 e. The van der Waals surface area contributed by atoms with E-state index in [0.29, 0.717) is 30.1 Å². The number of rotatable bonds is 4. The van der Waals surface area contributed by atoms with Crippen molar-refractivity contribution in [2.24, 2.45) is 0 Å². The normalized spacial score (nSPS) is 19.7. The quantitative estimate of drug-likeness (QED) is 0.827. The molecule has 2 aromatic rings. The molecule has 2 aliphatic heterocycles. The summed E-state index contributed by atoms with van der Waals surface area (Å²) in [5, 5.41) is 5.64. The second-order valence-electron chi connectivity index (χ2n) is 5.94. The molecular formula is C18H17N3O3S. The van der Waals surface area contributed by atoms with Crippen molar-refractivity contribution in [3.05, 3.63) is 65.3 Å². The van der Waals surface area contributed by atoms with Gasteiger partial charge in [0.2, 0.25) is 0 Å². The summed E-state index contributed by atoms with van der Waals surface area (Å²) in [4.78, 5) is 27.8. The van der Waals surface area contributed by atoms with Crippen LogP contribution in [0.2, 0.25) is 0 Å². The molecule has 0 saturated carbocycles. The van der Waals surface area contributed by atoms with Crippen LogP contribution in [0, 0.1) is 0 Å².